The fourth-order valence-electron chi connectivity index (χ4n) is 2.62. The van der Waals surface area contributed by atoms with Gasteiger partial charge in [0, 0.05) is 17.1 Å². The number of primary amides is 1. The molecular formula is C17H14BrN3O4. The summed E-state index contributed by atoms with van der Waals surface area (Å²) >= 11 is 3.36. The number of nitrogens with two attached hydrogens (primary N) is 1. The van der Waals surface area contributed by atoms with Crippen LogP contribution in [0, 0.1) is 17.0 Å². The van der Waals surface area contributed by atoms with Crippen molar-refractivity contribution in [2.24, 2.45) is 5.73 Å². The fraction of sp³-hybridized carbons (Fsp3) is 0.118. The van der Waals surface area contributed by atoms with Crippen molar-refractivity contribution in [1.29, 1.82) is 0 Å². The number of nitrogens with zero attached hydrogens (tertiary/aromatic N) is 1. The molecule has 0 fully saturated rings. The van der Waals surface area contributed by atoms with E-state index in [-0.39, 0.29) is 16.8 Å². The van der Waals surface area contributed by atoms with Crippen LogP contribution in [-0.2, 0) is 6.54 Å². The SMILES string of the molecule is Cc1cc2c(NCc3ccc(Br)cc3)c([N+](=O)[O-])cc(C(N)=O)c2o1. The van der Waals surface area contributed by atoms with E-state index in [0.717, 1.165) is 16.1 Å². The van der Waals surface area contributed by atoms with E-state index in [9.17, 15) is 14.9 Å². The molecule has 0 atom stereocenters. The molecule has 0 aliphatic carbocycles. The number of nitro benzene ring substituents is 1. The van der Waals surface area contributed by atoms with Crippen LogP contribution in [0.25, 0.3) is 11.0 Å². The number of nitro groups is 1. The molecule has 3 N–H and O–H groups in total. The Bertz CT molecular complexity index is 980. The van der Waals surface area contributed by atoms with Crippen LogP contribution in [0.2, 0.25) is 0 Å². The van der Waals surface area contributed by atoms with E-state index < -0.39 is 10.8 Å². The van der Waals surface area contributed by atoms with Gasteiger partial charge in [-0.15, -0.1) is 0 Å². The third-order valence-corrected chi connectivity index (χ3v) is 4.28. The first-order chi connectivity index (χ1) is 11.9. The molecule has 3 aromatic rings. The van der Waals surface area contributed by atoms with Crippen molar-refractivity contribution in [3.63, 3.8) is 0 Å². The topological polar surface area (TPSA) is 111 Å². The van der Waals surface area contributed by atoms with Gasteiger partial charge in [-0.1, -0.05) is 28.1 Å². The van der Waals surface area contributed by atoms with E-state index in [1.54, 1.807) is 13.0 Å². The van der Waals surface area contributed by atoms with Gasteiger partial charge in [-0.25, -0.2) is 0 Å². The molecule has 128 valence electrons. The standard InChI is InChI=1S/C17H14BrN3O4/c1-9-6-12-15(20-8-10-2-4-11(18)5-3-10)14(21(23)24)7-13(17(19)22)16(12)25-9/h2-7,20H,8H2,1H3,(H2,19,22). The summed E-state index contributed by atoms with van der Waals surface area (Å²) in [5, 5.41) is 15.0. The Labute approximate surface area is 151 Å². The molecule has 0 aliphatic heterocycles. The van der Waals surface area contributed by atoms with Crippen LogP contribution in [-0.4, -0.2) is 10.8 Å². The monoisotopic (exact) mass is 403 g/mol. The highest BCUT2D eigenvalue weighted by Gasteiger charge is 2.25. The predicted octanol–water partition coefficient (Wildman–Crippen LogP) is 4.12. The highest BCUT2D eigenvalue weighted by molar-refractivity contribution is 9.10. The number of furan rings is 1. The second-order valence-corrected chi connectivity index (χ2v) is 6.44. The number of rotatable bonds is 5. The minimum atomic E-state index is -0.776. The Morgan fingerprint density at radius 3 is 2.60 bits per heavy atom. The Morgan fingerprint density at radius 2 is 2.00 bits per heavy atom. The van der Waals surface area contributed by atoms with Crippen LogP contribution < -0.4 is 11.1 Å². The number of benzene rings is 2. The van der Waals surface area contributed by atoms with E-state index in [2.05, 4.69) is 21.2 Å². The summed E-state index contributed by atoms with van der Waals surface area (Å²) in [6.07, 6.45) is 0. The van der Waals surface area contributed by atoms with Gasteiger partial charge in [0.1, 0.15) is 17.0 Å². The molecule has 0 unspecified atom stereocenters. The van der Waals surface area contributed by atoms with Gasteiger partial charge in [0.25, 0.3) is 11.6 Å². The van der Waals surface area contributed by atoms with Gasteiger partial charge >= 0.3 is 0 Å². The Kier molecular flexibility index (Phi) is 4.45. The Hall–Kier alpha value is -2.87. The number of anilines is 1. The van der Waals surface area contributed by atoms with E-state index in [0.29, 0.717) is 23.4 Å². The molecule has 2 aromatic carbocycles. The molecule has 0 bridgehead atoms. The maximum Gasteiger partial charge on any atom is 0.294 e. The number of hydrogen-bond donors (Lipinski definition) is 2. The van der Waals surface area contributed by atoms with Gasteiger partial charge in [0.2, 0.25) is 0 Å². The third kappa shape index (κ3) is 3.34. The summed E-state index contributed by atoms with van der Waals surface area (Å²) < 4.78 is 6.48. The number of amides is 1. The first-order valence-corrected chi connectivity index (χ1v) is 8.15. The van der Waals surface area contributed by atoms with Crippen molar-refractivity contribution in [1.82, 2.24) is 0 Å². The highest BCUT2D eigenvalue weighted by Crippen LogP contribution is 2.37. The lowest BCUT2D eigenvalue weighted by Crippen LogP contribution is -2.13. The van der Waals surface area contributed by atoms with Crippen LogP contribution in [0.3, 0.4) is 0 Å². The van der Waals surface area contributed by atoms with Crippen LogP contribution >= 0.6 is 15.9 Å². The van der Waals surface area contributed by atoms with Crippen LogP contribution in [0.15, 0.2) is 45.3 Å². The second kappa shape index (κ2) is 6.56. The number of hydrogen-bond acceptors (Lipinski definition) is 5. The van der Waals surface area contributed by atoms with Crippen molar-refractivity contribution in [3.05, 3.63) is 67.9 Å². The molecule has 25 heavy (non-hydrogen) atoms. The molecule has 1 amide bonds. The molecule has 7 nitrogen and oxygen atoms in total. The average molecular weight is 404 g/mol. The zero-order valence-electron chi connectivity index (χ0n) is 13.2. The van der Waals surface area contributed by atoms with Crippen molar-refractivity contribution in [2.75, 3.05) is 5.32 Å². The zero-order chi connectivity index (χ0) is 18.1. The highest BCUT2D eigenvalue weighted by atomic mass is 79.9. The minimum absolute atomic E-state index is 0.0102. The summed E-state index contributed by atoms with van der Waals surface area (Å²) in [4.78, 5) is 22.6. The molecule has 0 saturated carbocycles. The van der Waals surface area contributed by atoms with Crippen molar-refractivity contribution < 1.29 is 14.1 Å². The number of carbonyl (C=O) groups excluding carboxylic acids is 1. The first-order valence-electron chi connectivity index (χ1n) is 7.36. The van der Waals surface area contributed by atoms with Crippen molar-refractivity contribution in [2.45, 2.75) is 13.5 Å². The van der Waals surface area contributed by atoms with E-state index in [1.165, 1.54) is 0 Å². The molecule has 1 heterocycles. The Morgan fingerprint density at radius 1 is 1.32 bits per heavy atom. The minimum Gasteiger partial charge on any atom is -0.460 e. The van der Waals surface area contributed by atoms with Gasteiger partial charge in [-0.05, 0) is 30.7 Å². The Balaban J connectivity index is 2.10. The molecule has 3 rings (SSSR count). The molecule has 8 heteroatoms. The van der Waals surface area contributed by atoms with Crippen LogP contribution in [0.4, 0.5) is 11.4 Å². The molecular weight excluding hydrogens is 390 g/mol. The third-order valence-electron chi connectivity index (χ3n) is 3.75. The largest absolute Gasteiger partial charge is 0.460 e. The van der Waals surface area contributed by atoms with E-state index in [1.807, 2.05) is 24.3 Å². The predicted molar refractivity (Wildman–Crippen MR) is 97.6 cm³/mol. The number of carbonyl (C=O) groups is 1. The maximum absolute atomic E-state index is 11.6. The summed E-state index contributed by atoms with van der Waals surface area (Å²) in [5.74, 6) is -0.244. The number of halogens is 1. The van der Waals surface area contributed by atoms with E-state index in [4.69, 9.17) is 10.2 Å². The summed E-state index contributed by atoms with van der Waals surface area (Å²) in [5.41, 5.74) is 6.60. The summed E-state index contributed by atoms with van der Waals surface area (Å²) in [7, 11) is 0. The lowest BCUT2D eigenvalue weighted by molar-refractivity contribution is -0.383. The lowest BCUT2D eigenvalue weighted by Gasteiger charge is -2.10. The maximum atomic E-state index is 11.6. The molecule has 0 radical (unpaired) electrons. The number of fused-ring (bicyclic) bond motifs is 1. The second-order valence-electron chi connectivity index (χ2n) is 5.52. The molecule has 0 aliphatic rings. The average Bonchev–Trinajstić information content (AvgIpc) is 2.94. The van der Waals surface area contributed by atoms with Crippen molar-refractivity contribution >= 4 is 44.2 Å². The fourth-order valence-corrected chi connectivity index (χ4v) is 2.88. The van der Waals surface area contributed by atoms with Gasteiger partial charge < -0.3 is 15.5 Å². The van der Waals surface area contributed by atoms with Crippen LogP contribution in [0.5, 0.6) is 0 Å². The quantitative estimate of drug-likeness (QED) is 0.491. The molecule has 0 spiro atoms. The van der Waals surface area contributed by atoms with Crippen LogP contribution in [0.1, 0.15) is 21.7 Å². The smallest absolute Gasteiger partial charge is 0.294 e. The van der Waals surface area contributed by atoms with Crippen molar-refractivity contribution in [3.8, 4) is 0 Å². The van der Waals surface area contributed by atoms with E-state index >= 15 is 0 Å². The summed E-state index contributed by atoms with van der Waals surface area (Å²) in [6, 6.07) is 10.4. The van der Waals surface area contributed by atoms with Gasteiger partial charge in [0.05, 0.1) is 15.9 Å². The first kappa shape index (κ1) is 17.0. The summed E-state index contributed by atoms with van der Waals surface area (Å²) in [6.45, 7) is 2.08. The molecule has 1 aromatic heterocycles. The van der Waals surface area contributed by atoms with Gasteiger partial charge in [-0.2, -0.15) is 0 Å². The number of nitrogens with one attached hydrogen (secondary N) is 1. The lowest BCUT2D eigenvalue weighted by atomic mass is 10.1. The van der Waals surface area contributed by atoms with Gasteiger partial charge in [-0.3, -0.25) is 14.9 Å². The molecule has 0 saturated heterocycles. The number of aryl methyl sites for hydroxylation is 1. The normalized spacial score (nSPS) is 10.8. The van der Waals surface area contributed by atoms with Gasteiger partial charge in [0.15, 0.2) is 0 Å². The zero-order valence-corrected chi connectivity index (χ0v) is 14.8.